The number of nitrogens with one attached hydrogen (secondary N) is 1. The average Bonchev–Trinajstić information content (AvgIpc) is 2.74. The van der Waals surface area contributed by atoms with Crippen molar-refractivity contribution < 1.29 is 9.21 Å². The van der Waals surface area contributed by atoms with Gasteiger partial charge in [-0.05, 0) is 5.92 Å². The highest BCUT2D eigenvalue weighted by Gasteiger charge is 2.13. The summed E-state index contributed by atoms with van der Waals surface area (Å²) >= 11 is 5.54. The number of nitrogens with zero attached hydrogens (tertiary/aromatic N) is 3. The summed E-state index contributed by atoms with van der Waals surface area (Å²) < 4.78 is 5.21. The van der Waals surface area contributed by atoms with E-state index >= 15 is 0 Å². The van der Waals surface area contributed by atoms with Crippen molar-refractivity contribution in [3.8, 4) is 0 Å². The van der Waals surface area contributed by atoms with Crippen LogP contribution in [-0.2, 0) is 10.7 Å². The van der Waals surface area contributed by atoms with Crippen LogP contribution in [0.5, 0.6) is 0 Å². The number of rotatable bonds is 6. The minimum absolute atomic E-state index is 0.0770. The van der Waals surface area contributed by atoms with Gasteiger partial charge >= 0.3 is 6.01 Å². The van der Waals surface area contributed by atoms with Gasteiger partial charge in [0.2, 0.25) is 11.8 Å². The zero-order valence-electron chi connectivity index (χ0n) is 10.2. The molecule has 0 aliphatic heterocycles. The molecule has 0 radical (unpaired) electrons. The van der Waals surface area contributed by atoms with E-state index in [1.165, 1.54) is 0 Å². The molecule has 1 aromatic heterocycles. The maximum atomic E-state index is 11.5. The third-order valence-corrected chi connectivity index (χ3v) is 2.21. The monoisotopic (exact) mass is 260 g/mol. The smallest absolute Gasteiger partial charge is 0.318 e. The molecule has 6 nitrogen and oxygen atoms in total. The van der Waals surface area contributed by atoms with Gasteiger partial charge in [-0.15, -0.1) is 16.7 Å². The van der Waals surface area contributed by atoms with Gasteiger partial charge in [-0.3, -0.25) is 4.79 Å². The van der Waals surface area contributed by atoms with Crippen molar-refractivity contribution in [2.45, 2.75) is 19.7 Å². The minimum atomic E-state index is -0.0770. The quantitative estimate of drug-likeness (QED) is 0.773. The molecule has 1 heterocycles. The average molecular weight is 261 g/mol. The van der Waals surface area contributed by atoms with Crippen LogP contribution in [0.3, 0.4) is 0 Å². The summed E-state index contributed by atoms with van der Waals surface area (Å²) in [5.41, 5.74) is 0. The van der Waals surface area contributed by atoms with Crippen LogP contribution in [0.25, 0.3) is 0 Å². The van der Waals surface area contributed by atoms with Gasteiger partial charge in [0.25, 0.3) is 0 Å². The molecule has 0 fully saturated rings. The van der Waals surface area contributed by atoms with Crippen LogP contribution in [0.2, 0.25) is 0 Å². The number of hydrogen-bond acceptors (Lipinski definition) is 5. The predicted molar refractivity (Wildman–Crippen MR) is 65.0 cm³/mol. The Morgan fingerprint density at radius 3 is 2.76 bits per heavy atom. The second-order valence-electron chi connectivity index (χ2n) is 4.17. The van der Waals surface area contributed by atoms with Crippen LogP contribution in [0, 0.1) is 5.92 Å². The maximum absolute atomic E-state index is 11.5. The van der Waals surface area contributed by atoms with Crippen molar-refractivity contribution in [2.75, 3.05) is 25.0 Å². The van der Waals surface area contributed by atoms with Gasteiger partial charge in [-0.2, -0.15) is 0 Å². The largest absolute Gasteiger partial charge is 0.407 e. The minimum Gasteiger partial charge on any atom is -0.407 e. The molecule has 0 unspecified atom stereocenters. The second kappa shape index (κ2) is 6.44. The van der Waals surface area contributed by atoms with Crippen LogP contribution in [0.4, 0.5) is 6.01 Å². The summed E-state index contributed by atoms with van der Waals surface area (Å²) in [7, 11) is 1.71. The highest BCUT2D eigenvalue weighted by molar-refractivity contribution is 6.16. The van der Waals surface area contributed by atoms with E-state index in [-0.39, 0.29) is 18.3 Å². The van der Waals surface area contributed by atoms with Crippen LogP contribution in [0.15, 0.2) is 4.42 Å². The fourth-order valence-electron chi connectivity index (χ4n) is 1.11. The first kappa shape index (κ1) is 13.8. The Kier molecular flexibility index (Phi) is 5.21. The Morgan fingerprint density at radius 2 is 2.24 bits per heavy atom. The Labute approximate surface area is 105 Å². The van der Waals surface area contributed by atoms with Crippen molar-refractivity contribution in [3.63, 3.8) is 0 Å². The van der Waals surface area contributed by atoms with Crippen molar-refractivity contribution in [1.29, 1.82) is 0 Å². The van der Waals surface area contributed by atoms with E-state index in [2.05, 4.69) is 15.5 Å². The molecular weight excluding hydrogens is 244 g/mol. The Hall–Kier alpha value is -1.30. The number of halogens is 1. The van der Waals surface area contributed by atoms with Gasteiger partial charge in [0.1, 0.15) is 12.4 Å². The lowest BCUT2D eigenvalue weighted by Crippen LogP contribution is -2.37. The molecule has 0 saturated carbocycles. The van der Waals surface area contributed by atoms with Gasteiger partial charge in [-0.25, -0.2) is 0 Å². The van der Waals surface area contributed by atoms with Gasteiger partial charge < -0.3 is 14.6 Å². The van der Waals surface area contributed by atoms with Crippen LogP contribution >= 0.6 is 11.6 Å². The highest BCUT2D eigenvalue weighted by Crippen LogP contribution is 2.11. The van der Waals surface area contributed by atoms with Gasteiger partial charge in [-0.1, -0.05) is 18.9 Å². The van der Waals surface area contributed by atoms with E-state index in [9.17, 15) is 4.79 Å². The van der Waals surface area contributed by atoms with Crippen LogP contribution in [-0.4, -0.2) is 36.2 Å². The molecule has 1 amide bonds. The van der Waals surface area contributed by atoms with Gasteiger partial charge in [0, 0.05) is 13.6 Å². The maximum Gasteiger partial charge on any atom is 0.318 e. The molecule has 0 aromatic carbocycles. The molecule has 0 aliphatic carbocycles. The third-order valence-electron chi connectivity index (χ3n) is 1.99. The Balaban J connectivity index is 2.42. The summed E-state index contributed by atoms with van der Waals surface area (Å²) in [6.07, 6.45) is 0. The van der Waals surface area contributed by atoms with Crippen molar-refractivity contribution in [3.05, 3.63) is 5.89 Å². The van der Waals surface area contributed by atoms with Crippen LogP contribution < -0.4 is 10.2 Å². The molecule has 96 valence electrons. The second-order valence-corrected chi connectivity index (χ2v) is 4.43. The summed E-state index contributed by atoms with van der Waals surface area (Å²) in [5, 5.41) is 10.3. The number of alkyl halides is 1. The molecule has 7 heteroatoms. The molecule has 1 rings (SSSR count). The van der Waals surface area contributed by atoms with E-state index in [4.69, 9.17) is 16.0 Å². The van der Waals surface area contributed by atoms with E-state index in [1.807, 2.05) is 13.8 Å². The zero-order valence-corrected chi connectivity index (χ0v) is 11.0. The van der Waals surface area contributed by atoms with E-state index in [0.29, 0.717) is 24.4 Å². The molecule has 0 spiro atoms. The van der Waals surface area contributed by atoms with Crippen molar-refractivity contribution >= 4 is 23.5 Å². The molecule has 1 N–H and O–H groups in total. The molecule has 0 atom stereocenters. The fraction of sp³-hybridized carbons (Fsp3) is 0.700. The first-order chi connectivity index (χ1) is 8.02. The number of anilines is 1. The number of likely N-dealkylation sites (N-methyl/N-ethyl adjacent to an activating group) is 1. The van der Waals surface area contributed by atoms with E-state index < -0.39 is 0 Å². The van der Waals surface area contributed by atoms with Gasteiger partial charge in [0.05, 0.1) is 0 Å². The molecule has 17 heavy (non-hydrogen) atoms. The van der Waals surface area contributed by atoms with Crippen molar-refractivity contribution in [2.24, 2.45) is 5.92 Å². The summed E-state index contributed by atoms with van der Waals surface area (Å²) in [6, 6.07) is 0.292. The lowest BCUT2D eigenvalue weighted by Gasteiger charge is -2.14. The zero-order chi connectivity index (χ0) is 12.8. The molecule has 0 bridgehead atoms. The molecule has 0 aliphatic rings. The van der Waals surface area contributed by atoms with E-state index in [0.717, 1.165) is 0 Å². The third kappa shape index (κ3) is 4.60. The first-order valence-electron chi connectivity index (χ1n) is 5.39. The Morgan fingerprint density at radius 1 is 1.53 bits per heavy atom. The first-order valence-corrected chi connectivity index (χ1v) is 5.92. The van der Waals surface area contributed by atoms with Gasteiger partial charge in [0.15, 0.2) is 0 Å². The fourth-order valence-corrected chi connectivity index (χ4v) is 1.22. The number of aromatic nitrogens is 2. The lowest BCUT2D eigenvalue weighted by molar-refractivity contribution is -0.119. The topological polar surface area (TPSA) is 71.3 Å². The standard InChI is InChI=1S/C10H17ClN4O2/c1-7(2)5-12-8(16)6-15(3)10-14-13-9(4-11)17-10/h7H,4-6H2,1-3H3,(H,12,16). The number of amides is 1. The van der Waals surface area contributed by atoms with E-state index in [1.54, 1.807) is 11.9 Å². The summed E-state index contributed by atoms with van der Waals surface area (Å²) in [5.74, 6) is 0.860. The van der Waals surface area contributed by atoms with Crippen molar-refractivity contribution in [1.82, 2.24) is 15.5 Å². The molecule has 1 aromatic rings. The summed E-state index contributed by atoms with van der Waals surface area (Å²) in [6.45, 7) is 4.91. The molecular formula is C10H17ClN4O2. The lowest BCUT2D eigenvalue weighted by atomic mass is 10.2. The normalized spacial score (nSPS) is 10.6. The molecule has 0 saturated heterocycles. The number of hydrogen-bond donors (Lipinski definition) is 1. The number of carbonyl (C=O) groups is 1. The summed E-state index contributed by atoms with van der Waals surface area (Å²) in [4.78, 5) is 13.1. The van der Waals surface area contributed by atoms with Crippen LogP contribution in [0.1, 0.15) is 19.7 Å². The number of carbonyl (C=O) groups excluding carboxylic acids is 1. The predicted octanol–water partition coefficient (Wildman–Crippen LogP) is 1.02. The Bertz CT molecular complexity index is 367. The SMILES string of the molecule is CC(C)CNC(=O)CN(C)c1nnc(CCl)o1. The highest BCUT2D eigenvalue weighted by atomic mass is 35.5.